The van der Waals surface area contributed by atoms with Crippen molar-refractivity contribution in [2.45, 2.75) is 12.8 Å². The Hall–Kier alpha value is -1.89. The number of hydrogen-bond donors (Lipinski definition) is 0. The normalized spacial score (nSPS) is 14.5. The maximum absolute atomic E-state index is 11.6. The van der Waals surface area contributed by atoms with Crippen LogP contribution in [0.25, 0.3) is 0 Å². The summed E-state index contributed by atoms with van der Waals surface area (Å²) in [6.07, 6.45) is 0.546. The van der Waals surface area contributed by atoms with E-state index < -0.39 is 5.97 Å². The number of amides is 2. The van der Waals surface area contributed by atoms with Crippen LogP contribution in [0.5, 0.6) is 0 Å². The summed E-state index contributed by atoms with van der Waals surface area (Å²) in [5.41, 5.74) is 1.20. The molecule has 1 aromatic rings. The van der Waals surface area contributed by atoms with Gasteiger partial charge in [-0.15, -0.1) is 0 Å². The SMILES string of the molecule is COC(=O)c1ccc(N(C)CN2C(=O)CCC2=O)c(Br)c1. The lowest BCUT2D eigenvalue weighted by molar-refractivity contribution is -0.138. The fraction of sp³-hybridized carbons (Fsp3) is 0.357. The number of carbonyl (C=O) groups excluding carboxylic acids is 3. The third kappa shape index (κ3) is 3.24. The molecule has 1 saturated heterocycles. The predicted octanol–water partition coefficient (Wildman–Crippen LogP) is 1.78. The second kappa shape index (κ2) is 6.26. The second-order valence-electron chi connectivity index (χ2n) is 4.71. The monoisotopic (exact) mass is 354 g/mol. The first-order valence-corrected chi connectivity index (χ1v) is 7.15. The zero-order chi connectivity index (χ0) is 15.6. The highest BCUT2D eigenvalue weighted by atomic mass is 79.9. The molecule has 0 aromatic heterocycles. The van der Waals surface area contributed by atoms with Crippen molar-refractivity contribution in [2.24, 2.45) is 0 Å². The van der Waals surface area contributed by atoms with Crippen LogP contribution >= 0.6 is 15.9 Å². The third-order valence-electron chi connectivity index (χ3n) is 3.29. The zero-order valence-electron chi connectivity index (χ0n) is 11.8. The highest BCUT2D eigenvalue weighted by molar-refractivity contribution is 9.10. The van der Waals surface area contributed by atoms with Crippen LogP contribution in [-0.4, -0.2) is 43.5 Å². The molecular weight excluding hydrogens is 340 g/mol. The maximum atomic E-state index is 11.6. The summed E-state index contributed by atoms with van der Waals surface area (Å²) in [7, 11) is 3.09. The fourth-order valence-corrected chi connectivity index (χ4v) is 2.81. The fourth-order valence-electron chi connectivity index (χ4n) is 2.13. The number of rotatable bonds is 4. The van der Waals surface area contributed by atoms with E-state index in [1.54, 1.807) is 30.1 Å². The number of anilines is 1. The number of methoxy groups -OCH3 is 1. The number of halogens is 1. The lowest BCUT2D eigenvalue weighted by atomic mass is 10.2. The molecule has 7 heteroatoms. The van der Waals surface area contributed by atoms with Crippen LogP contribution in [0.3, 0.4) is 0 Å². The van der Waals surface area contributed by atoms with Crippen molar-refractivity contribution < 1.29 is 19.1 Å². The Morgan fingerprint density at radius 3 is 2.48 bits per heavy atom. The molecule has 2 amide bonds. The molecule has 0 unspecified atom stereocenters. The van der Waals surface area contributed by atoms with E-state index in [0.29, 0.717) is 10.0 Å². The smallest absolute Gasteiger partial charge is 0.337 e. The van der Waals surface area contributed by atoms with Gasteiger partial charge in [-0.05, 0) is 34.1 Å². The minimum Gasteiger partial charge on any atom is -0.465 e. The number of likely N-dealkylation sites (tertiary alicyclic amines) is 1. The topological polar surface area (TPSA) is 66.9 Å². The number of benzene rings is 1. The highest BCUT2D eigenvalue weighted by Crippen LogP contribution is 2.27. The van der Waals surface area contributed by atoms with Gasteiger partial charge in [-0.2, -0.15) is 0 Å². The summed E-state index contributed by atoms with van der Waals surface area (Å²) in [4.78, 5) is 37.7. The van der Waals surface area contributed by atoms with Gasteiger partial charge in [0.1, 0.15) is 6.67 Å². The third-order valence-corrected chi connectivity index (χ3v) is 3.92. The molecule has 0 spiro atoms. The predicted molar refractivity (Wildman–Crippen MR) is 79.8 cm³/mol. The van der Waals surface area contributed by atoms with Gasteiger partial charge in [0.15, 0.2) is 0 Å². The molecule has 0 saturated carbocycles. The molecule has 0 bridgehead atoms. The van der Waals surface area contributed by atoms with Crippen molar-refractivity contribution in [2.75, 3.05) is 25.7 Å². The molecule has 0 radical (unpaired) electrons. The highest BCUT2D eigenvalue weighted by Gasteiger charge is 2.29. The summed E-state index contributed by atoms with van der Waals surface area (Å²) in [5, 5.41) is 0. The largest absolute Gasteiger partial charge is 0.465 e. The van der Waals surface area contributed by atoms with E-state index in [4.69, 9.17) is 0 Å². The van der Waals surface area contributed by atoms with Crippen molar-refractivity contribution in [3.8, 4) is 0 Å². The van der Waals surface area contributed by atoms with Gasteiger partial charge in [0.25, 0.3) is 0 Å². The van der Waals surface area contributed by atoms with Gasteiger partial charge in [-0.1, -0.05) is 0 Å². The van der Waals surface area contributed by atoms with Gasteiger partial charge < -0.3 is 9.64 Å². The minimum absolute atomic E-state index is 0.158. The van der Waals surface area contributed by atoms with E-state index in [1.807, 2.05) is 0 Å². The van der Waals surface area contributed by atoms with Crippen LogP contribution in [0.1, 0.15) is 23.2 Å². The maximum Gasteiger partial charge on any atom is 0.337 e. The Morgan fingerprint density at radius 2 is 1.95 bits per heavy atom. The molecule has 1 fully saturated rings. The molecule has 112 valence electrons. The van der Waals surface area contributed by atoms with Gasteiger partial charge in [0.05, 0.1) is 18.4 Å². The lowest BCUT2D eigenvalue weighted by Crippen LogP contribution is -2.39. The first-order chi connectivity index (χ1) is 9.93. The van der Waals surface area contributed by atoms with E-state index in [2.05, 4.69) is 20.7 Å². The van der Waals surface area contributed by atoms with Gasteiger partial charge in [-0.3, -0.25) is 14.5 Å². The molecule has 0 aliphatic carbocycles. The standard InChI is InChI=1S/C14H15BrN2O4/c1-16(8-17-12(18)5-6-13(17)19)11-4-3-9(7-10(11)15)14(20)21-2/h3-4,7H,5-6,8H2,1-2H3. The summed E-state index contributed by atoms with van der Waals surface area (Å²) < 4.78 is 5.34. The molecule has 21 heavy (non-hydrogen) atoms. The van der Waals surface area contributed by atoms with Crippen LogP contribution in [0, 0.1) is 0 Å². The molecule has 2 rings (SSSR count). The first-order valence-electron chi connectivity index (χ1n) is 6.36. The Bertz CT molecular complexity index is 587. The molecule has 1 heterocycles. The number of imide groups is 1. The Kier molecular flexibility index (Phi) is 4.62. The Balaban J connectivity index is 2.16. The molecule has 1 aliphatic heterocycles. The van der Waals surface area contributed by atoms with Crippen molar-refractivity contribution in [1.82, 2.24) is 4.90 Å². The Labute approximate surface area is 130 Å². The molecule has 1 aromatic carbocycles. The van der Waals surface area contributed by atoms with Crippen molar-refractivity contribution in [1.29, 1.82) is 0 Å². The van der Waals surface area contributed by atoms with E-state index in [0.717, 1.165) is 5.69 Å². The van der Waals surface area contributed by atoms with Gasteiger partial charge in [-0.25, -0.2) is 4.79 Å². The molecule has 1 aliphatic rings. The van der Waals surface area contributed by atoms with E-state index in [1.165, 1.54) is 12.0 Å². The number of nitrogens with zero attached hydrogens (tertiary/aromatic N) is 2. The van der Waals surface area contributed by atoms with Crippen molar-refractivity contribution in [3.05, 3.63) is 28.2 Å². The molecule has 0 atom stereocenters. The average Bonchev–Trinajstić information content (AvgIpc) is 2.78. The first kappa shape index (κ1) is 15.5. The van der Waals surface area contributed by atoms with Crippen LogP contribution in [0.15, 0.2) is 22.7 Å². The summed E-state index contributed by atoms with van der Waals surface area (Å²) in [5.74, 6) is -0.738. The van der Waals surface area contributed by atoms with E-state index in [9.17, 15) is 14.4 Å². The van der Waals surface area contributed by atoms with Crippen molar-refractivity contribution >= 4 is 39.4 Å². The summed E-state index contributed by atoms with van der Waals surface area (Å²) in [6.45, 7) is 0.188. The van der Waals surface area contributed by atoms with Crippen LogP contribution in [0.4, 0.5) is 5.69 Å². The van der Waals surface area contributed by atoms with Gasteiger partial charge in [0.2, 0.25) is 11.8 Å². The van der Waals surface area contributed by atoms with Gasteiger partial charge in [0, 0.05) is 24.4 Å². The summed E-state index contributed by atoms with van der Waals surface area (Å²) >= 11 is 3.39. The van der Waals surface area contributed by atoms with Crippen LogP contribution in [0.2, 0.25) is 0 Å². The zero-order valence-corrected chi connectivity index (χ0v) is 13.3. The molecular formula is C14H15BrN2O4. The summed E-state index contributed by atoms with van der Waals surface area (Å²) in [6, 6.07) is 5.02. The van der Waals surface area contributed by atoms with Crippen LogP contribution in [-0.2, 0) is 14.3 Å². The number of hydrogen-bond acceptors (Lipinski definition) is 5. The second-order valence-corrected chi connectivity index (χ2v) is 5.57. The number of esters is 1. The number of ether oxygens (including phenoxy) is 1. The number of carbonyl (C=O) groups is 3. The van der Waals surface area contributed by atoms with Crippen molar-refractivity contribution in [3.63, 3.8) is 0 Å². The Morgan fingerprint density at radius 1 is 1.33 bits per heavy atom. The van der Waals surface area contributed by atoms with E-state index in [-0.39, 0.29) is 31.3 Å². The lowest BCUT2D eigenvalue weighted by Gasteiger charge is -2.25. The molecule has 0 N–H and O–H groups in total. The minimum atomic E-state index is -0.421. The quantitative estimate of drug-likeness (QED) is 0.609. The molecule has 6 nitrogen and oxygen atoms in total. The van der Waals surface area contributed by atoms with Gasteiger partial charge >= 0.3 is 5.97 Å². The van der Waals surface area contributed by atoms with E-state index >= 15 is 0 Å². The van der Waals surface area contributed by atoms with Crippen LogP contribution < -0.4 is 4.90 Å². The average molecular weight is 355 g/mol.